The van der Waals surface area contributed by atoms with Gasteiger partial charge in [0.1, 0.15) is 20.9 Å². The molecule has 3 aliphatic rings. The zero-order chi connectivity index (χ0) is 14.6. The first-order valence-electron chi connectivity index (χ1n) is 5.07. The summed E-state index contributed by atoms with van der Waals surface area (Å²) in [5, 5.41) is 0. The lowest BCUT2D eigenvalue weighted by atomic mass is 9.79. The SMILES string of the molecule is O=C1C(Cl)(Cl)[C@]2(Cl)[C@@H]3C(Cl)OC(Cl)[C@@H]3[C@@]1(Cl)C2(Cl)Cl. The molecular weight excluding hydrogens is 424 g/mol. The van der Waals surface area contributed by atoms with Crippen molar-refractivity contribution in [2.24, 2.45) is 11.8 Å². The number of ketones is 1. The Morgan fingerprint density at radius 1 is 0.895 bits per heavy atom. The Morgan fingerprint density at radius 2 is 1.37 bits per heavy atom. The summed E-state index contributed by atoms with van der Waals surface area (Å²) in [6, 6.07) is 0. The smallest absolute Gasteiger partial charge is 0.200 e. The van der Waals surface area contributed by atoms with E-state index in [0.29, 0.717) is 0 Å². The zero-order valence-electron chi connectivity index (χ0n) is 8.65. The molecule has 0 amide bonds. The Morgan fingerprint density at radius 3 is 1.89 bits per heavy atom. The summed E-state index contributed by atoms with van der Waals surface area (Å²) in [6.07, 6.45) is 0. The number of alkyl halides is 8. The van der Waals surface area contributed by atoms with Gasteiger partial charge < -0.3 is 4.74 Å². The second-order valence-corrected chi connectivity index (χ2v) is 9.50. The normalized spacial score (nSPS) is 57.6. The fourth-order valence-electron chi connectivity index (χ4n) is 3.25. The largest absolute Gasteiger partial charge is 0.343 e. The Labute approximate surface area is 148 Å². The van der Waals surface area contributed by atoms with Crippen LogP contribution in [0.15, 0.2) is 0 Å². The molecule has 2 nitrogen and oxygen atoms in total. The summed E-state index contributed by atoms with van der Waals surface area (Å²) in [5.41, 5.74) is -1.91. The van der Waals surface area contributed by atoms with E-state index in [9.17, 15) is 4.79 Å². The molecule has 19 heavy (non-hydrogen) atoms. The van der Waals surface area contributed by atoms with Gasteiger partial charge in [-0.1, -0.05) is 69.6 Å². The van der Waals surface area contributed by atoms with Crippen molar-refractivity contribution in [2.75, 3.05) is 0 Å². The van der Waals surface area contributed by atoms with E-state index in [1.165, 1.54) is 0 Å². The number of fused-ring (bicyclic) bond motifs is 5. The van der Waals surface area contributed by atoms with Crippen LogP contribution in [0.25, 0.3) is 0 Å². The van der Waals surface area contributed by atoms with Crippen LogP contribution in [-0.4, -0.2) is 35.3 Å². The standard InChI is InChI=1S/C9H4Cl8O2/c10-3-1-2(4(11)19-3)7(13)8(14,15)5(18)6(1,12)9(7,16)17/h1-4H/t1-,2+,3?,4?,6+,7-/m1/s1. The van der Waals surface area contributed by atoms with E-state index in [4.69, 9.17) is 97.5 Å². The molecule has 0 aromatic carbocycles. The lowest BCUT2D eigenvalue weighted by molar-refractivity contribution is -0.123. The molecule has 2 aliphatic carbocycles. The molecule has 3 fully saturated rings. The molecule has 6 atom stereocenters. The maximum atomic E-state index is 12.4. The molecule has 108 valence electrons. The quantitative estimate of drug-likeness (QED) is 0.539. The van der Waals surface area contributed by atoms with E-state index in [1.54, 1.807) is 0 Å². The molecule has 3 rings (SSSR count). The Kier molecular flexibility index (Phi) is 3.39. The molecule has 0 aromatic heterocycles. The highest BCUT2D eigenvalue weighted by atomic mass is 35.5. The van der Waals surface area contributed by atoms with Crippen LogP contribution >= 0.6 is 92.8 Å². The van der Waals surface area contributed by atoms with Gasteiger partial charge in [-0.25, -0.2) is 0 Å². The highest BCUT2D eigenvalue weighted by molar-refractivity contribution is 6.75. The number of carbonyl (C=O) groups excluding carboxylic acids is 1. The monoisotopic (exact) mass is 424 g/mol. The van der Waals surface area contributed by atoms with Gasteiger partial charge in [0.2, 0.25) is 0 Å². The minimum Gasteiger partial charge on any atom is -0.343 e. The fraction of sp³-hybridized carbons (Fsp3) is 0.889. The number of rotatable bonds is 0. The van der Waals surface area contributed by atoms with Crippen molar-refractivity contribution in [2.45, 2.75) is 29.5 Å². The first kappa shape index (κ1) is 15.8. The van der Waals surface area contributed by atoms with Gasteiger partial charge in [-0.3, -0.25) is 4.79 Å². The average molecular weight is 428 g/mol. The Hall–Kier alpha value is 1.95. The van der Waals surface area contributed by atoms with Crippen molar-refractivity contribution in [1.82, 2.24) is 0 Å². The Bertz CT molecular complexity index is 481. The molecule has 1 saturated heterocycles. The number of hydrogen-bond acceptors (Lipinski definition) is 2. The van der Waals surface area contributed by atoms with Crippen LogP contribution in [0.2, 0.25) is 0 Å². The van der Waals surface area contributed by atoms with E-state index in [-0.39, 0.29) is 0 Å². The lowest BCUT2D eigenvalue weighted by Crippen LogP contribution is -2.56. The maximum Gasteiger partial charge on any atom is 0.200 e. The average Bonchev–Trinajstić information content (AvgIpc) is 2.68. The third-order valence-electron chi connectivity index (χ3n) is 4.12. The van der Waals surface area contributed by atoms with E-state index in [0.717, 1.165) is 0 Å². The van der Waals surface area contributed by atoms with Crippen molar-refractivity contribution >= 4 is 98.6 Å². The fourth-order valence-corrected chi connectivity index (χ4v) is 7.50. The van der Waals surface area contributed by atoms with Gasteiger partial charge in [0.25, 0.3) is 0 Å². The van der Waals surface area contributed by atoms with Crippen molar-refractivity contribution < 1.29 is 9.53 Å². The van der Waals surface area contributed by atoms with Gasteiger partial charge in [0.05, 0.1) is 0 Å². The van der Waals surface area contributed by atoms with Crippen LogP contribution < -0.4 is 0 Å². The van der Waals surface area contributed by atoms with Crippen LogP contribution in [0.1, 0.15) is 0 Å². The van der Waals surface area contributed by atoms with Gasteiger partial charge in [0, 0.05) is 11.8 Å². The van der Waals surface area contributed by atoms with Crippen molar-refractivity contribution in [1.29, 1.82) is 0 Å². The van der Waals surface area contributed by atoms with E-state index in [1.807, 2.05) is 0 Å². The summed E-state index contributed by atoms with van der Waals surface area (Å²) in [4.78, 5) is 8.76. The van der Waals surface area contributed by atoms with Crippen LogP contribution in [0, 0.1) is 11.8 Å². The highest BCUT2D eigenvalue weighted by Crippen LogP contribution is 2.79. The molecule has 2 saturated carbocycles. The second kappa shape index (κ2) is 4.07. The molecule has 1 aliphatic heterocycles. The molecule has 0 spiro atoms. The van der Waals surface area contributed by atoms with Crippen LogP contribution in [0.5, 0.6) is 0 Å². The predicted octanol–water partition coefficient (Wildman–Crippen LogP) is 4.28. The number of halogens is 8. The number of ether oxygens (including phenoxy) is 1. The van der Waals surface area contributed by atoms with Gasteiger partial charge >= 0.3 is 0 Å². The minimum atomic E-state index is -2.08. The topological polar surface area (TPSA) is 26.3 Å². The lowest BCUT2D eigenvalue weighted by Gasteiger charge is -2.40. The van der Waals surface area contributed by atoms with Gasteiger partial charge in [-0.15, -0.1) is 23.2 Å². The van der Waals surface area contributed by atoms with E-state index < -0.39 is 47.2 Å². The van der Waals surface area contributed by atoms with E-state index in [2.05, 4.69) is 0 Å². The first-order valence-corrected chi connectivity index (χ1v) is 8.21. The van der Waals surface area contributed by atoms with Gasteiger partial charge in [-0.2, -0.15) is 0 Å². The molecule has 10 heteroatoms. The van der Waals surface area contributed by atoms with Crippen LogP contribution in [-0.2, 0) is 9.53 Å². The first-order chi connectivity index (χ1) is 8.45. The number of carbonyl (C=O) groups is 1. The predicted molar refractivity (Wildman–Crippen MR) is 78.4 cm³/mol. The molecule has 0 N–H and O–H groups in total. The molecule has 2 bridgehead atoms. The van der Waals surface area contributed by atoms with Crippen molar-refractivity contribution in [3.05, 3.63) is 0 Å². The third kappa shape index (κ3) is 1.35. The van der Waals surface area contributed by atoms with Gasteiger partial charge in [0.15, 0.2) is 14.4 Å². The molecular formula is C9H4Cl8O2. The summed E-state index contributed by atoms with van der Waals surface area (Å²) < 4.78 is 1.24. The summed E-state index contributed by atoms with van der Waals surface area (Å²) >= 11 is 49.6. The molecule has 2 unspecified atom stereocenters. The molecule has 0 radical (unpaired) electrons. The van der Waals surface area contributed by atoms with Gasteiger partial charge in [-0.05, 0) is 0 Å². The molecule has 0 aromatic rings. The summed E-state index contributed by atoms with van der Waals surface area (Å²) in [5.74, 6) is -2.34. The summed E-state index contributed by atoms with van der Waals surface area (Å²) in [6.45, 7) is 0. The summed E-state index contributed by atoms with van der Waals surface area (Å²) in [7, 11) is 0. The van der Waals surface area contributed by atoms with Crippen molar-refractivity contribution in [3.63, 3.8) is 0 Å². The highest BCUT2D eigenvalue weighted by Gasteiger charge is 2.94. The number of hydrogen-bond donors (Lipinski definition) is 0. The van der Waals surface area contributed by atoms with E-state index >= 15 is 0 Å². The van der Waals surface area contributed by atoms with Crippen LogP contribution in [0.4, 0.5) is 0 Å². The second-order valence-electron chi connectivity index (χ2n) is 4.79. The molecule has 1 heterocycles. The van der Waals surface area contributed by atoms with Crippen LogP contribution in [0.3, 0.4) is 0 Å². The number of Topliss-reactive ketones (excluding diaryl/α,β-unsaturated/α-hetero) is 1. The third-order valence-corrected chi connectivity index (χ3v) is 9.10. The minimum absolute atomic E-state index is 0.765. The maximum absolute atomic E-state index is 12.4. The Balaban J connectivity index is 2.32. The zero-order valence-corrected chi connectivity index (χ0v) is 14.7. The van der Waals surface area contributed by atoms with Crippen molar-refractivity contribution in [3.8, 4) is 0 Å².